The molecule has 0 saturated carbocycles. The van der Waals surface area contributed by atoms with E-state index in [-0.39, 0.29) is 5.56 Å². The summed E-state index contributed by atoms with van der Waals surface area (Å²) in [7, 11) is 0. The number of hydrogen-bond acceptors (Lipinski definition) is 3. The molecule has 0 saturated heterocycles. The van der Waals surface area contributed by atoms with Gasteiger partial charge in [-0.1, -0.05) is 54.6 Å². The summed E-state index contributed by atoms with van der Waals surface area (Å²) in [4.78, 5) is 12.3. The molecule has 0 aliphatic heterocycles. The molecule has 0 atom stereocenters. The topological polar surface area (TPSA) is 58.1 Å². The molecule has 0 aliphatic rings. The third-order valence-corrected chi connectivity index (χ3v) is 4.01. The fourth-order valence-electron chi connectivity index (χ4n) is 2.68. The first-order valence-electron chi connectivity index (χ1n) is 7.93. The van der Waals surface area contributed by atoms with E-state index in [1.54, 1.807) is 26.1 Å². The van der Waals surface area contributed by atoms with Crippen LogP contribution in [0.2, 0.25) is 0 Å². The lowest BCUT2D eigenvalue weighted by Crippen LogP contribution is -2.22. The van der Waals surface area contributed by atoms with Crippen LogP contribution in [-0.2, 0) is 0 Å². The Morgan fingerprint density at radius 3 is 2.28 bits per heavy atom. The molecule has 4 nitrogen and oxygen atoms in total. The minimum absolute atomic E-state index is 0.127. The van der Waals surface area contributed by atoms with Crippen molar-refractivity contribution in [2.45, 2.75) is 13.8 Å². The molecule has 3 rings (SSSR count). The van der Waals surface area contributed by atoms with Crippen LogP contribution >= 0.6 is 0 Å². The first kappa shape index (κ1) is 16.4. The van der Waals surface area contributed by atoms with E-state index in [9.17, 15) is 4.79 Å². The molecular formula is C21H17N3O. The molecule has 1 heterocycles. The number of aromatic nitrogens is 1. The summed E-state index contributed by atoms with van der Waals surface area (Å²) in [6.07, 6.45) is 1.62. The second-order valence-electron chi connectivity index (χ2n) is 5.81. The quantitative estimate of drug-likeness (QED) is 0.685. The number of hydrogen-bond donors (Lipinski definition) is 0. The molecular weight excluding hydrogens is 310 g/mol. The summed E-state index contributed by atoms with van der Waals surface area (Å²) in [6.45, 7) is 3.55. The maximum atomic E-state index is 12.3. The van der Waals surface area contributed by atoms with Gasteiger partial charge in [-0.05, 0) is 42.2 Å². The summed E-state index contributed by atoms with van der Waals surface area (Å²) >= 11 is 0. The van der Waals surface area contributed by atoms with Crippen LogP contribution in [0.15, 0.2) is 70.6 Å². The van der Waals surface area contributed by atoms with Crippen molar-refractivity contribution in [2.24, 2.45) is 5.10 Å². The highest BCUT2D eigenvalue weighted by molar-refractivity contribution is 5.81. The van der Waals surface area contributed by atoms with Crippen LogP contribution in [0, 0.1) is 25.2 Å². The van der Waals surface area contributed by atoms with E-state index < -0.39 is 5.56 Å². The molecule has 0 N–H and O–H groups in total. The van der Waals surface area contributed by atoms with Crippen molar-refractivity contribution in [2.75, 3.05) is 0 Å². The van der Waals surface area contributed by atoms with E-state index in [4.69, 9.17) is 5.26 Å². The zero-order valence-corrected chi connectivity index (χ0v) is 14.1. The van der Waals surface area contributed by atoms with Crippen molar-refractivity contribution in [3.8, 4) is 17.2 Å². The van der Waals surface area contributed by atoms with E-state index >= 15 is 0 Å². The van der Waals surface area contributed by atoms with Crippen LogP contribution < -0.4 is 5.56 Å². The Bertz CT molecular complexity index is 1020. The number of nitrogens with zero attached hydrogens (tertiary/aromatic N) is 3. The van der Waals surface area contributed by atoms with Gasteiger partial charge < -0.3 is 0 Å². The van der Waals surface area contributed by atoms with Crippen molar-refractivity contribution in [3.63, 3.8) is 0 Å². The van der Waals surface area contributed by atoms with Gasteiger partial charge >= 0.3 is 0 Å². The van der Waals surface area contributed by atoms with Gasteiger partial charge in [0.05, 0.1) is 6.21 Å². The first-order valence-corrected chi connectivity index (χ1v) is 7.93. The number of benzene rings is 2. The Hall–Kier alpha value is -3.45. The van der Waals surface area contributed by atoms with Gasteiger partial charge in [0, 0.05) is 5.69 Å². The van der Waals surface area contributed by atoms with Crippen molar-refractivity contribution >= 4 is 6.21 Å². The molecule has 25 heavy (non-hydrogen) atoms. The van der Waals surface area contributed by atoms with E-state index in [0.717, 1.165) is 16.7 Å². The van der Waals surface area contributed by atoms with Gasteiger partial charge in [-0.15, -0.1) is 0 Å². The summed E-state index contributed by atoms with van der Waals surface area (Å²) < 4.78 is 1.26. The Labute approximate surface area is 146 Å². The average molecular weight is 327 g/mol. The lowest BCUT2D eigenvalue weighted by molar-refractivity contribution is 0.786. The number of pyridine rings is 1. The predicted molar refractivity (Wildman–Crippen MR) is 99.8 cm³/mol. The Kier molecular flexibility index (Phi) is 4.58. The molecule has 3 aromatic rings. The van der Waals surface area contributed by atoms with E-state index in [2.05, 4.69) is 17.2 Å². The normalized spacial score (nSPS) is 10.8. The number of nitriles is 1. The maximum absolute atomic E-state index is 12.3. The smallest absolute Gasteiger partial charge is 0.266 e. The van der Waals surface area contributed by atoms with E-state index in [1.807, 2.05) is 48.5 Å². The minimum Gasteiger partial charge on any atom is -0.266 e. The second-order valence-corrected chi connectivity index (χ2v) is 5.81. The Balaban J connectivity index is 1.91. The molecule has 4 heteroatoms. The fourth-order valence-corrected chi connectivity index (χ4v) is 2.68. The minimum atomic E-state index is -0.392. The van der Waals surface area contributed by atoms with E-state index in [1.165, 1.54) is 4.68 Å². The van der Waals surface area contributed by atoms with Gasteiger partial charge in [-0.3, -0.25) is 4.79 Å². The summed E-state index contributed by atoms with van der Waals surface area (Å²) in [6, 6.07) is 21.8. The molecule has 0 radical (unpaired) electrons. The fraction of sp³-hybridized carbons (Fsp3) is 0.0952. The predicted octanol–water partition coefficient (Wildman–Crippen LogP) is 3.89. The molecule has 0 bridgehead atoms. The molecule has 1 aromatic heterocycles. The van der Waals surface area contributed by atoms with Crippen LogP contribution in [0.1, 0.15) is 22.4 Å². The molecule has 0 fully saturated rings. The monoisotopic (exact) mass is 327 g/mol. The summed E-state index contributed by atoms with van der Waals surface area (Å²) in [5.41, 5.74) is 4.25. The van der Waals surface area contributed by atoms with Crippen molar-refractivity contribution in [1.82, 2.24) is 4.68 Å². The Morgan fingerprint density at radius 1 is 1.00 bits per heavy atom. The van der Waals surface area contributed by atoms with Crippen molar-refractivity contribution in [3.05, 3.63) is 93.4 Å². The van der Waals surface area contributed by atoms with Crippen LogP contribution in [0.4, 0.5) is 0 Å². The molecule has 0 amide bonds. The zero-order chi connectivity index (χ0) is 17.8. The van der Waals surface area contributed by atoms with Gasteiger partial charge in [0.2, 0.25) is 0 Å². The lowest BCUT2D eigenvalue weighted by Gasteiger charge is -2.06. The van der Waals surface area contributed by atoms with Gasteiger partial charge in [-0.25, -0.2) is 4.68 Å². The highest BCUT2D eigenvalue weighted by Gasteiger charge is 2.08. The van der Waals surface area contributed by atoms with Crippen LogP contribution in [0.5, 0.6) is 0 Å². The number of rotatable bonds is 3. The van der Waals surface area contributed by atoms with Crippen LogP contribution in [0.3, 0.4) is 0 Å². The van der Waals surface area contributed by atoms with Crippen molar-refractivity contribution in [1.29, 1.82) is 5.26 Å². The van der Waals surface area contributed by atoms with Gasteiger partial charge in [0.25, 0.3) is 5.56 Å². The average Bonchev–Trinajstić information content (AvgIpc) is 2.63. The lowest BCUT2D eigenvalue weighted by atomic mass is 10.0. The van der Waals surface area contributed by atoms with Gasteiger partial charge in [0.1, 0.15) is 11.6 Å². The SMILES string of the molecule is Cc1cc(C)n(/N=C/c2ccc(-c3ccccc3)cc2)c(=O)c1C#N. The first-order chi connectivity index (χ1) is 12.1. The van der Waals surface area contributed by atoms with Gasteiger partial charge in [-0.2, -0.15) is 10.4 Å². The van der Waals surface area contributed by atoms with Crippen molar-refractivity contribution < 1.29 is 0 Å². The molecule has 122 valence electrons. The zero-order valence-electron chi connectivity index (χ0n) is 14.1. The van der Waals surface area contributed by atoms with E-state index in [0.29, 0.717) is 11.3 Å². The summed E-state index contributed by atoms with van der Waals surface area (Å²) in [5, 5.41) is 13.4. The highest BCUT2D eigenvalue weighted by Crippen LogP contribution is 2.18. The Morgan fingerprint density at radius 2 is 1.64 bits per heavy atom. The maximum Gasteiger partial charge on any atom is 0.289 e. The molecule has 0 aliphatic carbocycles. The summed E-state index contributed by atoms with van der Waals surface area (Å²) in [5.74, 6) is 0. The van der Waals surface area contributed by atoms with Crippen LogP contribution in [0.25, 0.3) is 11.1 Å². The third-order valence-electron chi connectivity index (χ3n) is 4.01. The standard InChI is InChI=1S/C21H17N3O/c1-15-12-16(2)24(21(25)20(15)13-22)23-14-17-8-10-19(11-9-17)18-6-4-3-5-7-18/h3-12,14H,1-2H3/b23-14+. The molecule has 2 aromatic carbocycles. The van der Waals surface area contributed by atoms with Gasteiger partial charge in [0.15, 0.2) is 0 Å². The number of aryl methyl sites for hydroxylation is 2. The molecule has 0 unspecified atom stereocenters. The molecule has 0 spiro atoms. The highest BCUT2D eigenvalue weighted by atomic mass is 16.1. The third kappa shape index (κ3) is 3.41. The second kappa shape index (κ2) is 6.98. The van der Waals surface area contributed by atoms with Crippen LogP contribution in [-0.4, -0.2) is 10.9 Å². The largest absolute Gasteiger partial charge is 0.289 e.